The van der Waals surface area contributed by atoms with E-state index in [-0.39, 0.29) is 0 Å². The van der Waals surface area contributed by atoms with Crippen molar-refractivity contribution in [2.45, 2.75) is 77.0 Å². The van der Waals surface area contributed by atoms with Crippen molar-refractivity contribution in [1.29, 1.82) is 0 Å². The Morgan fingerprint density at radius 2 is 1.00 bits per heavy atom. The van der Waals surface area contributed by atoms with Crippen molar-refractivity contribution in [3.63, 3.8) is 0 Å². The molecule has 0 aliphatic carbocycles. The average molecular weight is 562 g/mol. The molecule has 3 heteroatoms. The highest BCUT2D eigenvalue weighted by atomic mass is 127. The van der Waals surface area contributed by atoms with E-state index in [9.17, 15) is 0 Å². The first-order valence-corrected chi connectivity index (χ1v) is 9.86. The number of unbranched alkanes of at least 4 members (excludes halogenated alkanes) is 9. The number of hydrogen-bond acceptors (Lipinski definition) is 0. The van der Waals surface area contributed by atoms with E-state index in [0.717, 1.165) is 0 Å². The van der Waals surface area contributed by atoms with Gasteiger partial charge < -0.3 is 0 Å². The second-order valence-corrected chi connectivity index (χ2v) is 16.3. The zero-order valence-corrected chi connectivity index (χ0v) is 16.9. The highest BCUT2D eigenvalue weighted by Gasteiger charge is 2.15. The third-order valence-electron chi connectivity index (χ3n) is 2.81. The van der Waals surface area contributed by atoms with Gasteiger partial charge >= 0.3 is 0 Å². The van der Waals surface area contributed by atoms with E-state index in [2.05, 4.69) is 74.7 Å². The van der Waals surface area contributed by atoms with Gasteiger partial charge in [0.2, 0.25) is 0 Å². The summed E-state index contributed by atoms with van der Waals surface area (Å²) in [4.78, 5) is 0. The van der Waals surface area contributed by atoms with Gasteiger partial charge in [-0.1, -0.05) is 139 Å². The Labute approximate surface area is 143 Å². The fourth-order valence-electron chi connectivity index (χ4n) is 1.81. The maximum Gasteiger partial charge on any atom is 0.124 e. The smallest absolute Gasteiger partial charge is 0.0654 e. The summed E-state index contributed by atoms with van der Waals surface area (Å²) in [5, 5.41) is 0. The van der Waals surface area contributed by atoms with Gasteiger partial charge in [-0.05, 0) is 6.42 Å². The summed E-state index contributed by atoms with van der Waals surface area (Å²) in [6.07, 6.45) is 15.8. The molecule has 0 atom stereocenters. The normalized spacial score (nSPS) is 12.0. The van der Waals surface area contributed by atoms with Gasteiger partial charge in [0.05, 0.1) is 0 Å². The molecule has 98 valence electrons. The molecule has 0 rings (SSSR count). The lowest BCUT2D eigenvalue weighted by atomic mass is 10.1. The zero-order valence-electron chi connectivity index (χ0n) is 10.4. The number of hydrogen-bond donors (Lipinski definition) is 0. The molecule has 0 bridgehead atoms. The molecule has 0 fully saturated rings. The van der Waals surface area contributed by atoms with Gasteiger partial charge in [0.25, 0.3) is 0 Å². The van der Waals surface area contributed by atoms with Crippen LogP contribution in [0.3, 0.4) is 0 Å². The van der Waals surface area contributed by atoms with Crippen molar-refractivity contribution >= 4 is 67.8 Å². The maximum atomic E-state index is 2.54. The summed E-state index contributed by atoms with van der Waals surface area (Å²) >= 11 is 7.61. The van der Waals surface area contributed by atoms with Gasteiger partial charge in [-0.2, -0.15) is 0 Å². The van der Waals surface area contributed by atoms with Gasteiger partial charge in [-0.15, -0.1) is 0 Å². The molecule has 0 aromatic carbocycles. The summed E-state index contributed by atoms with van der Waals surface area (Å²) in [5.74, 6) is 0. The highest BCUT2D eigenvalue weighted by Crippen LogP contribution is 2.40. The van der Waals surface area contributed by atoms with Crippen LogP contribution in [0.1, 0.15) is 77.6 Å². The molecule has 0 unspecified atom stereocenters. The summed E-state index contributed by atoms with van der Waals surface area (Å²) in [6.45, 7) is 2.29. The Kier molecular flexibility index (Phi) is 13.9. The Balaban J connectivity index is 2.99. The molecule has 0 amide bonds. The quantitative estimate of drug-likeness (QED) is 0.141. The molecule has 0 aromatic heterocycles. The maximum absolute atomic E-state index is 2.54. The first kappa shape index (κ1) is 18.2. The Bertz CT molecular complexity index is 141. The number of halogens is 3. The minimum Gasteiger partial charge on any atom is -0.0654 e. The first-order chi connectivity index (χ1) is 7.56. The van der Waals surface area contributed by atoms with E-state index in [1.54, 1.807) is 0 Å². The van der Waals surface area contributed by atoms with Crippen LogP contribution in [0.2, 0.25) is 0 Å². The fourth-order valence-corrected chi connectivity index (χ4v) is 2.96. The molecule has 16 heavy (non-hydrogen) atoms. The second-order valence-electron chi connectivity index (χ2n) is 4.55. The lowest BCUT2D eigenvalue weighted by Crippen LogP contribution is -1.97. The minimum atomic E-state index is 0.452. The lowest BCUT2D eigenvalue weighted by Gasteiger charge is -2.11. The summed E-state index contributed by atoms with van der Waals surface area (Å²) < 4.78 is 0.452. The molecule has 0 aromatic rings. The molecule has 0 aliphatic rings. The molecular formula is C13H25I3. The lowest BCUT2D eigenvalue weighted by molar-refractivity contribution is 0.554. The van der Waals surface area contributed by atoms with Crippen LogP contribution < -0.4 is 0 Å². The Hall–Kier alpha value is 2.19. The van der Waals surface area contributed by atoms with Crippen LogP contribution in [-0.4, -0.2) is -0.565 Å². The van der Waals surface area contributed by atoms with Crippen molar-refractivity contribution in [3.05, 3.63) is 0 Å². The predicted octanol–water partition coefficient (Wildman–Crippen LogP) is 7.26. The van der Waals surface area contributed by atoms with Crippen LogP contribution >= 0.6 is 67.8 Å². The van der Waals surface area contributed by atoms with Crippen LogP contribution in [0.5, 0.6) is 0 Å². The van der Waals surface area contributed by atoms with E-state index >= 15 is 0 Å². The molecular weight excluding hydrogens is 537 g/mol. The minimum absolute atomic E-state index is 0.452. The van der Waals surface area contributed by atoms with Crippen LogP contribution in [0, 0.1) is 0 Å². The first-order valence-electron chi connectivity index (χ1n) is 6.63. The summed E-state index contributed by atoms with van der Waals surface area (Å²) in [5.41, 5.74) is 0. The Morgan fingerprint density at radius 1 is 0.625 bits per heavy atom. The Morgan fingerprint density at radius 3 is 1.38 bits per heavy atom. The topological polar surface area (TPSA) is 0 Å². The SMILES string of the molecule is CCCCCCCCCCCCC(I)(I)I. The van der Waals surface area contributed by atoms with Gasteiger partial charge in [-0.25, -0.2) is 0 Å². The van der Waals surface area contributed by atoms with Crippen LogP contribution in [0.4, 0.5) is 0 Å². The third-order valence-corrected chi connectivity index (χ3v) is 4.43. The molecule has 0 N–H and O–H groups in total. The standard InChI is InChI=1S/C13H25I3/c1-2-3-4-5-6-7-8-9-10-11-12-13(14,15)16/h2-12H2,1H3. The monoisotopic (exact) mass is 562 g/mol. The van der Waals surface area contributed by atoms with Crippen molar-refractivity contribution in [2.75, 3.05) is 0 Å². The highest BCUT2D eigenvalue weighted by molar-refractivity contribution is 14.3. The van der Waals surface area contributed by atoms with Gasteiger partial charge in [0.1, 0.15) is -0.565 Å². The van der Waals surface area contributed by atoms with Crippen LogP contribution in [0.25, 0.3) is 0 Å². The molecule has 0 saturated heterocycles. The van der Waals surface area contributed by atoms with E-state index in [1.165, 1.54) is 70.6 Å². The largest absolute Gasteiger partial charge is 0.124 e. The fraction of sp³-hybridized carbons (Fsp3) is 1.00. The molecule has 0 radical (unpaired) electrons. The zero-order chi connectivity index (χ0) is 12.3. The number of alkyl halides is 3. The molecule has 0 spiro atoms. The van der Waals surface area contributed by atoms with Crippen molar-refractivity contribution in [1.82, 2.24) is 0 Å². The number of rotatable bonds is 11. The predicted molar refractivity (Wildman–Crippen MR) is 101 cm³/mol. The van der Waals surface area contributed by atoms with Crippen LogP contribution in [0.15, 0.2) is 0 Å². The summed E-state index contributed by atoms with van der Waals surface area (Å²) in [7, 11) is 0. The van der Waals surface area contributed by atoms with Crippen LogP contribution in [-0.2, 0) is 0 Å². The summed E-state index contributed by atoms with van der Waals surface area (Å²) in [6, 6.07) is 0. The molecule has 0 nitrogen and oxygen atoms in total. The van der Waals surface area contributed by atoms with E-state index in [1.807, 2.05) is 0 Å². The second kappa shape index (κ2) is 12.2. The molecule has 0 heterocycles. The van der Waals surface area contributed by atoms with Crippen molar-refractivity contribution in [2.24, 2.45) is 0 Å². The van der Waals surface area contributed by atoms with E-state index < -0.39 is 0 Å². The van der Waals surface area contributed by atoms with E-state index in [0.29, 0.717) is -0.565 Å². The van der Waals surface area contributed by atoms with Gasteiger partial charge in [0, 0.05) is 0 Å². The van der Waals surface area contributed by atoms with Gasteiger partial charge in [-0.3, -0.25) is 0 Å². The average Bonchev–Trinajstić information content (AvgIpc) is 2.19. The van der Waals surface area contributed by atoms with E-state index in [4.69, 9.17) is 0 Å². The van der Waals surface area contributed by atoms with Crippen molar-refractivity contribution in [3.8, 4) is 0 Å². The third kappa shape index (κ3) is 16.2. The molecule has 0 saturated carbocycles. The van der Waals surface area contributed by atoms with Gasteiger partial charge in [0.15, 0.2) is 0 Å². The van der Waals surface area contributed by atoms with Crippen molar-refractivity contribution < 1.29 is 0 Å². The molecule has 0 aliphatic heterocycles.